The summed E-state index contributed by atoms with van der Waals surface area (Å²) in [6.45, 7) is 5.64. The van der Waals surface area contributed by atoms with Crippen LogP contribution in [0.1, 0.15) is 27.2 Å². The smallest absolute Gasteiger partial charge is 0.309 e. The third-order valence-electron chi connectivity index (χ3n) is 3.41. The molecule has 0 N–H and O–H groups in total. The van der Waals surface area contributed by atoms with E-state index in [2.05, 4.69) is 15.9 Å². The van der Waals surface area contributed by atoms with Gasteiger partial charge < -0.3 is 4.74 Å². The number of hydrogen-bond acceptors (Lipinski definition) is 3. The molecular weight excluding hydrogens is 260 g/mol. The van der Waals surface area contributed by atoms with Crippen LogP contribution in [0.15, 0.2) is 0 Å². The number of Topliss-reactive ketones (excluding diaryl/α,β-unsaturated/α-hetero) is 1. The quantitative estimate of drug-likeness (QED) is 0.584. The Kier molecular flexibility index (Phi) is 3.59. The first kappa shape index (κ1) is 12.7. The second-order valence-corrected chi connectivity index (χ2v) is 5.85. The van der Waals surface area contributed by atoms with Crippen molar-refractivity contribution in [2.75, 3.05) is 7.11 Å². The van der Waals surface area contributed by atoms with Gasteiger partial charge in [0.25, 0.3) is 0 Å². The molecule has 3 nitrogen and oxygen atoms in total. The second-order valence-electron chi connectivity index (χ2n) is 4.74. The molecule has 15 heavy (non-hydrogen) atoms. The number of methoxy groups -OCH3 is 1. The van der Waals surface area contributed by atoms with Gasteiger partial charge in [-0.05, 0) is 24.7 Å². The average molecular weight is 277 g/mol. The molecule has 1 aliphatic carbocycles. The van der Waals surface area contributed by atoms with Crippen molar-refractivity contribution in [3.8, 4) is 0 Å². The maximum atomic E-state index is 11.4. The van der Waals surface area contributed by atoms with Crippen LogP contribution in [-0.4, -0.2) is 23.7 Å². The number of carbonyl (C=O) groups excluding carboxylic acids is 2. The third kappa shape index (κ3) is 2.41. The zero-order chi connectivity index (χ0) is 11.8. The van der Waals surface area contributed by atoms with Crippen molar-refractivity contribution in [2.45, 2.75) is 32.0 Å². The number of ether oxygens (including phenoxy) is 1. The van der Waals surface area contributed by atoms with Gasteiger partial charge in [0.1, 0.15) is 5.78 Å². The molecule has 4 heteroatoms. The Morgan fingerprint density at radius 2 is 2.00 bits per heavy atom. The summed E-state index contributed by atoms with van der Waals surface area (Å²) in [6.07, 6.45) is 0.710. The molecule has 0 heterocycles. The van der Waals surface area contributed by atoms with E-state index in [9.17, 15) is 9.59 Å². The van der Waals surface area contributed by atoms with E-state index in [4.69, 9.17) is 4.74 Å². The van der Waals surface area contributed by atoms with Crippen LogP contribution in [-0.2, 0) is 14.3 Å². The highest BCUT2D eigenvalue weighted by Crippen LogP contribution is 2.61. The van der Waals surface area contributed by atoms with Crippen LogP contribution in [0.2, 0.25) is 0 Å². The zero-order valence-corrected chi connectivity index (χ0v) is 11.1. The molecule has 0 aromatic heterocycles. The van der Waals surface area contributed by atoms with Gasteiger partial charge in [0.05, 0.1) is 17.9 Å². The summed E-state index contributed by atoms with van der Waals surface area (Å²) in [6, 6.07) is 0. The molecule has 0 bridgehead atoms. The average Bonchev–Trinajstić information content (AvgIpc) is 2.67. The highest BCUT2D eigenvalue weighted by atomic mass is 79.9. The Balaban J connectivity index is 2.59. The molecule has 0 saturated heterocycles. The molecular formula is C11H17BrO3. The van der Waals surface area contributed by atoms with E-state index in [1.807, 2.05) is 13.8 Å². The van der Waals surface area contributed by atoms with Crippen LogP contribution in [0.25, 0.3) is 0 Å². The molecule has 1 saturated carbocycles. The van der Waals surface area contributed by atoms with Crippen LogP contribution < -0.4 is 0 Å². The van der Waals surface area contributed by atoms with Crippen LogP contribution >= 0.6 is 15.9 Å². The molecule has 1 fully saturated rings. The number of rotatable bonds is 4. The van der Waals surface area contributed by atoms with Gasteiger partial charge >= 0.3 is 5.97 Å². The fraction of sp³-hybridized carbons (Fsp3) is 0.818. The molecule has 0 radical (unpaired) electrons. The van der Waals surface area contributed by atoms with Gasteiger partial charge in [0.2, 0.25) is 0 Å². The molecule has 0 aliphatic heterocycles. The highest BCUT2D eigenvalue weighted by molar-refractivity contribution is 9.10. The molecule has 3 atom stereocenters. The minimum atomic E-state index is -0.159. The first-order valence-electron chi connectivity index (χ1n) is 5.04. The van der Waals surface area contributed by atoms with Crippen molar-refractivity contribution in [3.63, 3.8) is 0 Å². The van der Waals surface area contributed by atoms with Crippen molar-refractivity contribution in [2.24, 2.45) is 17.3 Å². The van der Waals surface area contributed by atoms with Crippen LogP contribution in [0.3, 0.4) is 0 Å². The Labute approximate surface area is 98.7 Å². The normalized spacial score (nSPS) is 29.4. The van der Waals surface area contributed by atoms with Crippen LogP contribution in [0.4, 0.5) is 0 Å². The monoisotopic (exact) mass is 276 g/mol. The Morgan fingerprint density at radius 1 is 1.47 bits per heavy atom. The molecule has 1 aliphatic rings. The summed E-state index contributed by atoms with van der Waals surface area (Å²) in [7, 11) is 1.41. The van der Waals surface area contributed by atoms with E-state index in [1.165, 1.54) is 7.11 Å². The molecule has 1 unspecified atom stereocenters. The summed E-state index contributed by atoms with van der Waals surface area (Å²) < 4.78 is 4.74. The van der Waals surface area contributed by atoms with Crippen molar-refractivity contribution < 1.29 is 14.3 Å². The largest absolute Gasteiger partial charge is 0.469 e. The second kappa shape index (κ2) is 4.24. The molecule has 0 amide bonds. The van der Waals surface area contributed by atoms with Crippen molar-refractivity contribution in [3.05, 3.63) is 0 Å². The lowest BCUT2D eigenvalue weighted by Gasteiger charge is -2.05. The summed E-state index contributed by atoms with van der Waals surface area (Å²) >= 11 is 3.33. The fourth-order valence-corrected chi connectivity index (χ4v) is 2.57. The van der Waals surface area contributed by atoms with Gasteiger partial charge in [-0.15, -0.1) is 0 Å². The number of hydrogen-bond donors (Lipinski definition) is 0. The Bertz CT molecular complexity index is 286. The molecule has 86 valence electrons. The standard InChI is InChI=1S/C11H17BrO3/c1-6(13)8(12)5-7-9(10(14)15-4)11(7,2)3/h7-9H,5H2,1-4H3/t7-,8?,9-/m1/s1. The van der Waals surface area contributed by atoms with E-state index in [0.29, 0.717) is 6.42 Å². The van der Waals surface area contributed by atoms with E-state index in [-0.39, 0.29) is 33.8 Å². The molecule has 0 aromatic rings. The first-order chi connectivity index (χ1) is 6.82. The lowest BCUT2D eigenvalue weighted by Crippen LogP contribution is -2.12. The van der Waals surface area contributed by atoms with E-state index in [0.717, 1.165) is 0 Å². The van der Waals surface area contributed by atoms with E-state index < -0.39 is 0 Å². The topological polar surface area (TPSA) is 43.4 Å². The minimum Gasteiger partial charge on any atom is -0.469 e. The van der Waals surface area contributed by atoms with Crippen LogP contribution in [0, 0.1) is 17.3 Å². The number of esters is 1. The van der Waals surface area contributed by atoms with E-state index >= 15 is 0 Å². The summed E-state index contributed by atoms with van der Waals surface area (Å²) in [4.78, 5) is 22.4. The Morgan fingerprint density at radius 3 is 2.40 bits per heavy atom. The maximum Gasteiger partial charge on any atom is 0.309 e. The highest BCUT2D eigenvalue weighted by Gasteiger charge is 2.62. The predicted molar refractivity (Wildman–Crippen MR) is 60.8 cm³/mol. The van der Waals surface area contributed by atoms with Crippen LogP contribution in [0.5, 0.6) is 0 Å². The van der Waals surface area contributed by atoms with Crippen molar-refractivity contribution in [1.29, 1.82) is 0 Å². The number of alkyl halides is 1. The summed E-state index contributed by atoms with van der Waals surface area (Å²) in [5.41, 5.74) is -0.0332. The van der Waals surface area contributed by atoms with Gasteiger partial charge in [0.15, 0.2) is 0 Å². The van der Waals surface area contributed by atoms with Gasteiger partial charge in [-0.2, -0.15) is 0 Å². The molecule has 1 rings (SSSR count). The summed E-state index contributed by atoms with van der Waals surface area (Å²) in [5.74, 6) is 0.148. The van der Waals surface area contributed by atoms with E-state index in [1.54, 1.807) is 6.92 Å². The van der Waals surface area contributed by atoms with Gasteiger partial charge in [-0.25, -0.2) is 0 Å². The van der Waals surface area contributed by atoms with Gasteiger partial charge in [-0.3, -0.25) is 9.59 Å². The maximum absolute atomic E-state index is 11.4. The summed E-state index contributed by atoms with van der Waals surface area (Å²) in [5, 5.41) is 0. The lowest BCUT2D eigenvalue weighted by atomic mass is 10.1. The lowest BCUT2D eigenvalue weighted by molar-refractivity contribution is -0.143. The molecule has 0 aromatic carbocycles. The third-order valence-corrected chi connectivity index (χ3v) is 4.43. The zero-order valence-electron chi connectivity index (χ0n) is 9.54. The number of halogens is 1. The van der Waals surface area contributed by atoms with Crippen molar-refractivity contribution >= 4 is 27.7 Å². The fourth-order valence-electron chi connectivity index (χ4n) is 2.17. The van der Waals surface area contributed by atoms with Crippen molar-refractivity contribution in [1.82, 2.24) is 0 Å². The number of carbonyl (C=O) groups is 2. The van der Waals surface area contributed by atoms with Gasteiger partial charge in [-0.1, -0.05) is 29.8 Å². The molecule has 0 spiro atoms. The van der Waals surface area contributed by atoms with Gasteiger partial charge in [0, 0.05) is 0 Å². The predicted octanol–water partition coefficient (Wildman–Crippen LogP) is 2.17. The Hall–Kier alpha value is -0.380. The minimum absolute atomic E-state index is 0.0332. The number of ketones is 1. The SMILES string of the molecule is COC(=O)[C@H]1[C@@H](CC(Br)C(C)=O)C1(C)C. The first-order valence-corrected chi connectivity index (χ1v) is 5.96.